The standard InChI is InChI=1S/C10H8F4O3S/c11-7-2-3-8-6(5-7)1-4-9(8)17-18(15,16)10(12,13)14/h2-3,5,9H,1,4H2. The Morgan fingerprint density at radius 1 is 1.28 bits per heavy atom. The normalized spacial score (nSPS) is 19.9. The van der Waals surface area contributed by atoms with E-state index in [1.54, 1.807) is 0 Å². The van der Waals surface area contributed by atoms with Crippen LogP contribution in [-0.4, -0.2) is 13.9 Å². The fourth-order valence-corrected chi connectivity index (χ4v) is 2.47. The molecule has 2 rings (SSSR count). The van der Waals surface area contributed by atoms with Gasteiger partial charge in [-0.1, -0.05) is 6.07 Å². The van der Waals surface area contributed by atoms with Gasteiger partial charge in [-0.15, -0.1) is 0 Å². The summed E-state index contributed by atoms with van der Waals surface area (Å²) in [6.07, 6.45) is -0.841. The van der Waals surface area contributed by atoms with Gasteiger partial charge in [-0.05, 0) is 36.1 Å². The van der Waals surface area contributed by atoms with Gasteiger partial charge < -0.3 is 0 Å². The van der Waals surface area contributed by atoms with E-state index in [2.05, 4.69) is 4.18 Å². The number of aryl methyl sites for hydroxylation is 1. The van der Waals surface area contributed by atoms with Crippen LogP contribution < -0.4 is 0 Å². The zero-order valence-corrected chi connectivity index (χ0v) is 9.68. The van der Waals surface area contributed by atoms with Crippen LogP contribution in [0.5, 0.6) is 0 Å². The molecule has 1 aliphatic carbocycles. The molecular weight excluding hydrogens is 276 g/mol. The SMILES string of the molecule is O=S(=O)(OC1CCc2cc(F)ccc21)C(F)(F)F. The maximum Gasteiger partial charge on any atom is 0.523 e. The van der Waals surface area contributed by atoms with Crippen molar-refractivity contribution in [2.24, 2.45) is 0 Å². The monoisotopic (exact) mass is 284 g/mol. The Morgan fingerprint density at radius 2 is 1.94 bits per heavy atom. The molecule has 1 atom stereocenters. The Hall–Kier alpha value is -1.15. The molecule has 0 fully saturated rings. The Morgan fingerprint density at radius 3 is 2.56 bits per heavy atom. The molecule has 18 heavy (non-hydrogen) atoms. The van der Waals surface area contributed by atoms with E-state index < -0.39 is 27.5 Å². The lowest BCUT2D eigenvalue weighted by molar-refractivity contribution is -0.0574. The summed E-state index contributed by atoms with van der Waals surface area (Å²) in [6, 6.07) is 3.47. The molecule has 0 saturated carbocycles. The first kappa shape index (κ1) is 13.3. The minimum Gasteiger partial charge on any atom is -0.255 e. The summed E-state index contributed by atoms with van der Waals surface area (Å²) in [5.74, 6) is -0.520. The fourth-order valence-electron chi connectivity index (χ4n) is 1.85. The van der Waals surface area contributed by atoms with Crippen molar-refractivity contribution < 1.29 is 30.2 Å². The van der Waals surface area contributed by atoms with Crippen molar-refractivity contribution in [1.82, 2.24) is 0 Å². The van der Waals surface area contributed by atoms with Gasteiger partial charge in [-0.3, -0.25) is 4.18 Å². The van der Waals surface area contributed by atoms with E-state index >= 15 is 0 Å². The number of hydrogen-bond acceptors (Lipinski definition) is 3. The second-order valence-electron chi connectivity index (χ2n) is 3.87. The van der Waals surface area contributed by atoms with Crippen LogP contribution in [0.3, 0.4) is 0 Å². The summed E-state index contributed by atoms with van der Waals surface area (Å²) in [5, 5.41) is 0. The van der Waals surface area contributed by atoms with E-state index in [0.717, 1.165) is 6.07 Å². The highest BCUT2D eigenvalue weighted by molar-refractivity contribution is 7.87. The molecule has 0 heterocycles. The highest BCUT2D eigenvalue weighted by Crippen LogP contribution is 2.38. The predicted octanol–water partition coefficient (Wildman–Crippen LogP) is 2.68. The zero-order valence-electron chi connectivity index (χ0n) is 8.87. The molecular formula is C10H8F4O3S. The molecule has 0 saturated heterocycles. The number of fused-ring (bicyclic) bond motifs is 1. The second kappa shape index (κ2) is 4.20. The van der Waals surface area contributed by atoms with Gasteiger partial charge in [0.2, 0.25) is 0 Å². The second-order valence-corrected chi connectivity index (χ2v) is 5.43. The van der Waals surface area contributed by atoms with Crippen LogP contribution in [0, 0.1) is 5.82 Å². The maximum atomic E-state index is 12.9. The highest BCUT2D eigenvalue weighted by Gasteiger charge is 2.49. The summed E-state index contributed by atoms with van der Waals surface area (Å²) in [7, 11) is -5.63. The summed E-state index contributed by atoms with van der Waals surface area (Å²) in [6.45, 7) is 0. The highest BCUT2D eigenvalue weighted by atomic mass is 32.2. The van der Waals surface area contributed by atoms with Gasteiger partial charge in [0.25, 0.3) is 0 Å². The minimum absolute atomic E-state index is 0.0775. The Balaban J connectivity index is 2.26. The van der Waals surface area contributed by atoms with Gasteiger partial charge in [0, 0.05) is 0 Å². The van der Waals surface area contributed by atoms with Crippen molar-refractivity contribution in [2.45, 2.75) is 24.5 Å². The average molecular weight is 284 g/mol. The van der Waals surface area contributed by atoms with Crippen LogP contribution in [-0.2, 0) is 20.7 Å². The molecule has 0 aliphatic heterocycles. The Kier molecular flexibility index (Phi) is 3.10. The zero-order chi connectivity index (χ0) is 13.6. The molecule has 1 aromatic carbocycles. The lowest BCUT2D eigenvalue weighted by Gasteiger charge is -2.14. The van der Waals surface area contributed by atoms with Crippen LogP contribution in [0.4, 0.5) is 17.6 Å². The van der Waals surface area contributed by atoms with Crippen molar-refractivity contribution in [2.75, 3.05) is 0 Å². The predicted molar refractivity (Wildman–Crippen MR) is 53.5 cm³/mol. The Bertz CT molecular complexity index is 565. The molecule has 0 aromatic heterocycles. The van der Waals surface area contributed by atoms with Crippen LogP contribution in [0.1, 0.15) is 23.7 Å². The van der Waals surface area contributed by atoms with Crippen molar-refractivity contribution in [1.29, 1.82) is 0 Å². The molecule has 0 bridgehead atoms. The molecule has 0 radical (unpaired) electrons. The number of halogens is 4. The summed E-state index contributed by atoms with van der Waals surface area (Å²) in [5.41, 5.74) is -4.70. The van der Waals surface area contributed by atoms with Crippen molar-refractivity contribution in [3.8, 4) is 0 Å². The molecule has 0 N–H and O–H groups in total. The molecule has 1 unspecified atom stereocenters. The third kappa shape index (κ3) is 2.35. The van der Waals surface area contributed by atoms with Crippen molar-refractivity contribution >= 4 is 10.1 Å². The molecule has 0 spiro atoms. The average Bonchev–Trinajstić information content (AvgIpc) is 2.58. The van der Waals surface area contributed by atoms with E-state index in [9.17, 15) is 26.0 Å². The first-order chi connectivity index (χ1) is 8.21. The first-order valence-electron chi connectivity index (χ1n) is 4.98. The van der Waals surface area contributed by atoms with Gasteiger partial charge >= 0.3 is 15.6 Å². The summed E-state index contributed by atoms with van der Waals surface area (Å²) < 4.78 is 75.2. The first-order valence-corrected chi connectivity index (χ1v) is 6.39. The molecule has 8 heteroatoms. The lowest BCUT2D eigenvalue weighted by atomic mass is 10.1. The van der Waals surface area contributed by atoms with Crippen molar-refractivity contribution in [3.05, 3.63) is 35.1 Å². The van der Waals surface area contributed by atoms with Crippen molar-refractivity contribution in [3.63, 3.8) is 0 Å². The maximum absolute atomic E-state index is 12.9. The topological polar surface area (TPSA) is 43.4 Å². The van der Waals surface area contributed by atoms with E-state index in [1.165, 1.54) is 12.1 Å². The van der Waals surface area contributed by atoms with Crippen LogP contribution in [0.15, 0.2) is 18.2 Å². The van der Waals surface area contributed by atoms with Gasteiger partial charge in [0.05, 0.1) is 0 Å². The van der Waals surface area contributed by atoms with Crippen LogP contribution >= 0.6 is 0 Å². The number of rotatable bonds is 2. The minimum atomic E-state index is -5.63. The van der Waals surface area contributed by atoms with Crippen LogP contribution in [0.25, 0.3) is 0 Å². The molecule has 1 aromatic rings. The lowest BCUT2D eigenvalue weighted by Crippen LogP contribution is -2.26. The fraction of sp³-hybridized carbons (Fsp3) is 0.400. The largest absolute Gasteiger partial charge is 0.523 e. The number of benzene rings is 1. The molecule has 0 amide bonds. The number of hydrogen-bond donors (Lipinski definition) is 0. The molecule has 1 aliphatic rings. The molecule has 3 nitrogen and oxygen atoms in total. The smallest absolute Gasteiger partial charge is 0.255 e. The van der Waals surface area contributed by atoms with Gasteiger partial charge in [0.1, 0.15) is 11.9 Å². The number of alkyl halides is 3. The van der Waals surface area contributed by atoms with Gasteiger partial charge in [-0.25, -0.2) is 4.39 Å². The Labute approximate surface area is 100 Å². The van der Waals surface area contributed by atoms with Gasteiger partial charge in [-0.2, -0.15) is 21.6 Å². The summed E-state index contributed by atoms with van der Waals surface area (Å²) in [4.78, 5) is 0. The van der Waals surface area contributed by atoms with E-state index in [0.29, 0.717) is 5.56 Å². The quantitative estimate of drug-likeness (QED) is 0.476. The molecule has 100 valence electrons. The van der Waals surface area contributed by atoms with E-state index in [-0.39, 0.29) is 18.4 Å². The van der Waals surface area contributed by atoms with Gasteiger partial charge in [0.15, 0.2) is 0 Å². The summed E-state index contributed by atoms with van der Waals surface area (Å²) >= 11 is 0. The third-order valence-electron chi connectivity index (χ3n) is 2.65. The third-order valence-corrected chi connectivity index (χ3v) is 3.71. The van der Waals surface area contributed by atoms with E-state index in [4.69, 9.17) is 0 Å². The van der Waals surface area contributed by atoms with E-state index in [1.807, 2.05) is 0 Å². The van der Waals surface area contributed by atoms with Crippen LogP contribution in [0.2, 0.25) is 0 Å².